The van der Waals surface area contributed by atoms with Crippen molar-refractivity contribution in [3.05, 3.63) is 29.3 Å². The van der Waals surface area contributed by atoms with Crippen molar-refractivity contribution in [2.75, 3.05) is 0 Å². The van der Waals surface area contributed by atoms with Gasteiger partial charge >= 0.3 is 0 Å². The van der Waals surface area contributed by atoms with E-state index in [0.717, 1.165) is 25.0 Å². The zero-order chi connectivity index (χ0) is 13.5. The molecule has 2 saturated carbocycles. The van der Waals surface area contributed by atoms with Crippen molar-refractivity contribution < 1.29 is 9.84 Å². The number of aliphatic hydroxyl groups excluding tert-OH is 1. The van der Waals surface area contributed by atoms with Gasteiger partial charge in [0.15, 0.2) is 0 Å². The molecule has 2 unspecified atom stereocenters. The number of aryl methyl sites for hydroxylation is 2. The molecule has 104 valence electrons. The quantitative estimate of drug-likeness (QED) is 0.877. The highest BCUT2D eigenvalue weighted by Crippen LogP contribution is 2.53. The van der Waals surface area contributed by atoms with Crippen LogP contribution in [0.15, 0.2) is 18.2 Å². The SMILES string of the molecule is Cc1cc(C)cc(OC2CC(O)C23CCCCC3)c1. The van der Waals surface area contributed by atoms with Crippen molar-refractivity contribution in [1.82, 2.24) is 0 Å². The van der Waals surface area contributed by atoms with Crippen LogP contribution in [0.25, 0.3) is 0 Å². The van der Waals surface area contributed by atoms with Crippen molar-refractivity contribution in [2.24, 2.45) is 5.41 Å². The molecule has 1 aromatic carbocycles. The molecule has 2 aliphatic rings. The first-order valence-corrected chi connectivity index (χ1v) is 7.53. The van der Waals surface area contributed by atoms with Crippen molar-refractivity contribution >= 4 is 0 Å². The summed E-state index contributed by atoms with van der Waals surface area (Å²) in [6.45, 7) is 4.21. The van der Waals surface area contributed by atoms with E-state index in [9.17, 15) is 5.11 Å². The Morgan fingerprint density at radius 1 is 1.05 bits per heavy atom. The maximum atomic E-state index is 10.2. The minimum absolute atomic E-state index is 0.0515. The average Bonchev–Trinajstić information content (AvgIpc) is 2.38. The molecule has 0 aromatic heterocycles. The molecule has 2 nitrogen and oxygen atoms in total. The lowest BCUT2D eigenvalue weighted by Gasteiger charge is -2.55. The van der Waals surface area contributed by atoms with E-state index in [1.807, 2.05) is 0 Å². The summed E-state index contributed by atoms with van der Waals surface area (Å²) < 4.78 is 6.22. The second-order valence-electron chi connectivity index (χ2n) is 6.48. The largest absolute Gasteiger partial charge is 0.490 e. The average molecular weight is 260 g/mol. The first kappa shape index (κ1) is 13.0. The number of hydrogen-bond donors (Lipinski definition) is 1. The van der Waals surface area contributed by atoms with Crippen LogP contribution in [0.2, 0.25) is 0 Å². The Labute approximate surface area is 115 Å². The van der Waals surface area contributed by atoms with Gasteiger partial charge in [0.1, 0.15) is 11.9 Å². The van der Waals surface area contributed by atoms with E-state index in [1.165, 1.54) is 30.4 Å². The number of hydrogen-bond acceptors (Lipinski definition) is 2. The predicted octanol–water partition coefficient (Wildman–Crippen LogP) is 3.77. The summed E-state index contributed by atoms with van der Waals surface area (Å²) in [5, 5.41) is 10.2. The minimum Gasteiger partial charge on any atom is -0.490 e. The van der Waals surface area contributed by atoms with Crippen LogP contribution in [0, 0.1) is 19.3 Å². The lowest BCUT2D eigenvalue weighted by atomic mass is 9.56. The topological polar surface area (TPSA) is 29.5 Å². The monoisotopic (exact) mass is 260 g/mol. The van der Waals surface area contributed by atoms with Gasteiger partial charge < -0.3 is 9.84 Å². The molecule has 19 heavy (non-hydrogen) atoms. The second-order valence-corrected chi connectivity index (χ2v) is 6.48. The lowest BCUT2D eigenvalue weighted by molar-refractivity contribution is -0.172. The molecule has 2 aliphatic carbocycles. The molecule has 0 amide bonds. The summed E-state index contributed by atoms with van der Waals surface area (Å²) in [4.78, 5) is 0. The van der Waals surface area contributed by atoms with E-state index < -0.39 is 0 Å². The minimum atomic E-state index is -0.149. The summed E-state index contributed by atoms with van der Waals surface area (Å²) in [5.74, 6) is 0.972. The van der Waals surface area contributed by atoms with Crippen LogP contribution in [0.1, 0.15) is 49.7 Å². The Bertz CT molecular complexity index is 440. The van der Waals surface area contributed by atoms with Crippen molar-refractivity contribution in [1.29, 1.82) is 0 Å². The van der Waals surface area contributed by atoms with Gasteiger partial charge in [0.25, 0.3) is 0 Å². The number of rotatable bonds is 2. The van der Waals surface area contributed by atoms with Crippen LogP contribution >= 0.6 is 0 Å². The van der Waals surface area contributed by atoms with E-state index in [-0.39, 0.29) is 17.6 Å². The molecular formula is C17H24O2. The maximum absolute atomic E-state index is 10.2. The molecule has 0 saturated heterocycles. The molecule has 0 heterocycles. The Balaban J connectivity index is 1.76. The van der Waals surface area contributed by atoms with Gasteiger partial charge in [0.2, 0.25) is 0 Å². The molecule has 0 bridgehead atoms. The van der Waals surface area contributed by atoms with E-state index in [4.69, 9.17) is 4.74 Å². The third-order valence-electron chi connectivity index (χ3n) is 5.00. The molecule has 0 aliphatic heterocycles. The van der Waals surface area contributed by atoms with E-state index in [2.05, 4.69) is 32.0 Å². The smallest absolute Gasteiger partial charge is 0.120 e. The molecule has 0 radical (unpaired) electrons. The molecule has 2 fully saturated rings. The molecule has 1 spiro atoms. The molecule has 3 rings (SSSR count). The zero-order valence-electron chi connectivity index (χ0n) is 12.0. The van der Waals surface area contributed by atoms with E-state index in [1.54, 1.807) is 0 Å². The fraction of sp³-hybridized carbons (Fsp3) is 0.647. The van der Waals surface area contributed by atoms with Crippen molar-refractivity contribution in [3.8, 4) is 5.75 Å². The Morgan fingerprint density at radius 2 is 1.68 bits per heavy atom. The third-order valence-corrected chi connectivity index (χ3v) is 5.00. The fourth-order valence-electron chi connectivity index (χ4n) is 3.92. The normalized spacial score (nSPS) is 29.0. The summed E-state index contributed by atoms with van der Waals surface area (Å²) >= 11 is 0. The van der Waals surface area contributed by atoms with Gasteiger partial charge in [-0.3, -0.25) is 0 Å². The zero-order valence-corrected chi connectivity index (χ0v) is 12.0. The van der Waals surface area contributed by atoms with E-state index >= 15 is 0 Å². The molecule has 1 N–H and O–H groups in total. The maximum Gasteiger partial charge on any atom is 0.120 e. The highest BCUT2D eigenvalue weighted by Gasteiger charge is 2.56. The number of ether oxygens (including phenoxy) is 1. The summed E-state index contributed by atoms with van der Waals surface area (Å²) in [5.41, 5.74) is 2.54. The van der Waals surface area contributed by atoms with Crippen LogP contribution in [0.3, 0.4) is 0 Å². The lowest BCUT2D eigenvalue weighted by Crippen LogP contribution is -2.60. The van der Waals surface area contributed by atoms with Gasteiger partial charge in [-0.15, -0.1) is 0 Å². The van der Waals surface area contributed by atoms with Gasteiger partial charge in [-0.05, 0) is 49.9 Å². The summed E-state index contributed by atoms with van der Waals surface area (Å²) in [6.07, 6.45) is 6.91. The molecule has 2 heteroatoms. The number of aliphatic hydroxyl groups is 1. The number of benzene rings is 1. The first-order valence-electron chi connectivity index (χ1n) is 7.53. The van der Waals surface area contributed by atoms with Crippen LogP contribution in [-0.4, -0.2) is 17.3 Å². The van der Waals surface area contributed by atoms with Crippen molar-refractivity contribution in [3.63, 3.8) is 0 Å². The highest BCUT2D eigenvalue weighted by molar-refractivity contribution is 5.33. The highest BCUT2D eigenvalue weighted by atomic mass is 16.5. The Kier molecular flexibility index (Phi) is 3.30. The van der Waals surface area contributed by atoms with Crippen LogP contribution in [-0.2, 0) is 0 Å². The summed E-state index contributed by atoms with van der Waals surface area (Å²) in [6, 6.07) is 6.38. The first-order chi connectivity index (χ1) is 9.10. The van der Waals surface area contributed by atoms with Gasteiger partial charge in [-0.1, -0.05) is 25.3 Å². The summed E-state index contributed by atoms with van der Waals surface area (Å²) in [7, 11) is 0. The van der Waals surface area contributed by atoms with Gasteiger partial charge in [0, 0.05) is 11.8 Å². The molecular weight excluding hydrogens is 236 g/mol. The Hall–Kier alpha value is -1.02. The fourth-order valence-corrected chi connectivity index (χ4v) is 3.92. The third kappa shape index (κ3) is 2.27. The van der Waals surface area contributed by atoms with Crippen molar-refractivity contribution in [2.45, 2.75) is 64.6 Å². The van der Waals surface area contributed by atoms with E-state index in [0.29, 0.717) is 0 Å². The second kappa shape index (κ2) is 4.82. The standard InChI is InChI=1S/C17H24O2/c1-12-8-13(2)10-14(9-12)19-16-11-15(18)17(16)6-4-3-5-7-17/h8-10,15-16,18H,3-7,11H2,1-2H3. The van der Waals surface area contributed by atoms with Crippen LogP contribution in [0.5, 0.6) is 5.75 Å². The molecule has 2 atom stereocenters. The predicted molar refractivity (Wildman–Crippen MR) is 76.5 cm³/mol. The van der Waals surface area contributed by atoms with Crippen LogP contribution < -0.4 is 4.74 Å². The van der Waals surface area contributed by atoms with Gasteiger partial charge in [-0.25, -0.2) is 0 Å². The van der Waals surface area contributed by atoms with Crippen LogP contribution in [0.4, 0.5) is 0 Å². The molecule has 1 aromatic rings. The Morgan fingerprint density at radius 3 is 2.26 bits per heavy atom. The van der Waals surface area contributed by atoms with Gasteiger partial charge in [0.05, 0.1) is 6.10 Å². The van der Waals surface area contributed by atoms with Gasteiger partial charge in [-0.2, -0.15) is 0 Å².